The maximum absolute atomic E-state index is 13.5. The molecule has 0 aliphatic carbocycles. The van der Waals surface area contributed by atoms with Crippen LogP contribution >= 0.6 is 31.9 Å². The summed E-state index contributed by atoms with van der Waals surface area (Å²) in [6.45, 7) is -0.0893. The summed E-state index contributed by atoms with van der Waals surface area (Å²) in [6.07, 6.45) is 0. The molecule has 0 amide bonds. The van der Waals surface area contributed by atoms with Gasteiger partial charge in [-0.05, 0) is 36.4 Å². The van der Waals surface area contributed by atoms with Crippen molar-refractivity contribution in [3.05, 3.63) is 68.4 Å². The fraction of sp³-hybridized carbons (Fsp3) is 0.0714. The van der Waals surface area contributed by atoms with Crippen LogP contribution in [0, 0.1) is 5.82 Å². The van der Waals surface area contributed by atoms with Crippen LogP contribution in [-0.2, 0) is 11.3 Å². The minimum absolute atomic E-state index is 0.0893. The zero-order valence-electron chi connectivity index (χ0n) is 9.70. The van der Waals surface area contributed by atoms with Gasteiger partial charge in [-0.1, -0.05) is 37.9 Å². The van der Waals surface area contributed by atoms with E-state index in [9.17, 15) is 9.18 Å². The highest BCUT2D eigenvalue weighted by atomic mass is 79.9. The first-order chi connectivity index (χ1) is 9.06. The number of ether oxygens (including phenoxy) is 1. The largest absolute Gasteiger partial charge is 0.457 e. The second-order valence-corrected chi connectivity index (χ2v) is 5.65. The molecule has 0 fully saturated rings. The molecule has 19 heavy (non-hydrogen) atoms. The Balaban J connectivity index is 2.02. The lowest BCUT2D eigenvalue weighted by atomic mass is 10.2. The fourth-order valence-corrected chi connectivity index (χ4v) is 2.05. The first-order valence-corrected chi connectivity index (χ1v) is 7.01. The Bertz CT molecular complexity index is 597. The Morgan fingerprint density at radius 1 is 1.05 bits per heavy atom. The molecule has 5 heteroatoms. The van der Waals surface area contributed by atoms with Gasteiger partial charge in [-0.25, -0.2) is 9.18 Å². The number of hydrogen-bond acceptors (Lipinski definition) is 2. The average Bonchev–Trinajstić information content (AvgIpc) is 2.38. The quantitative estimate of drug-likeness (QED) is 0.713. The molecule has 0 aromatic heterocycles. The predicted octanol–water partition coefficient (Wildman–Crippen LogP) is 4.71. The monoisotopic (exact) mass is 386 g/mol. The lowest BCUT2D eigenvalue weighted by Crippen LogP contribution is -2.06. The summed E-state index contributed by atoms with van der Waals surface area (Å²) in [6, 6.07) is 11.4. The van der Waals surface area contributed by atoms with Crippen LogP contribution in [0.1, 0.15) is 15.9 Å². The molecule has 2 nitrogen and oxygen atoms in total. The molecule has 0 heterocycles. The SMILES string of the molecule is O=C(OCc1ccc(Br)cc1F)c1ccc(Br)cc1. The zero-order valence-corrected chi connectivity index (χ0v) is 12.9. The molecule has 0 radical (unpaired) electrons. The summed E-state index contributed by atoms with van der Waals surface area (Å²) in [7, 11) is 0. The molecule has 0 bridgehead atoms. The van der Waals surface area contributed by atoms with Crippen LogP contribution in [0.5, 0.6) is 0 Å². The number of rotatable bonds is 3. The van der Waals surface area contributed by atoms with Crippen molar-refractivity contribution in [1.82, 2.24) is 0 Å². The normalized spacial score (nSPS) is 10.3. The van der Waals surface area contributed by atoms with Crippen LogP contribution in [0.2, 0.25) is 0 Å². The van der Waals surface area contributed by atoms with E-state index in [4.69, 9.17) is 4.74 Å². The van der Waals surface area contributed by atoms with Crippen molar-refractivity contribution >= 4 is 37.8 Å². The predicted molar refractivity (Wildman–Crippen MR) is 77.4 cm³/mol. The molecule has 2 aromatic rings. The standard InChI is InChI=1S/C14H9Br2FO2/c15-11-4-1-9(2-5-11)14(18)19-8-10-3-6-12(16)7-13(10)17/h1-7H,8H2. The van der Waals surface area contributed by atoms with Gasteiger partial charge in [0.05, 0.1) is 5.56 Å². The summed E-state index contributed by atoms with van der Waals surface area (Å²) >= 11 is 6.45. The third-order valence-electron chi connectivity index (χ3n) is 2.45. The summed E-state index contributed by atoms with van der Waals surface area (Å²) < 4.78 is 20.1. The van der Waals surface area contributed by atoms with Gasteiger partial charge in [0.25, 0.3) is 0 Å². The fourth-order valence-electron chi connectivity index (χ4n) is 1.45. The van der Waals surface area contributed by atoms with Gasteiger partial charge in [-0.2, -0.15) is 0 Å². The van der Waals surface area contributed by atoms with Crippen LogP contribution in [0.25, 0.3) is 0 Å². The number of esters is 1. The summed E-state index contributed by atoms with van der Waals surface area (Å²) in [5.74, 6) is -0.882. The van der Waals surface area contributed by atoms with Crippen LogP contribution < -0.4 is 0 Å². The van der Waals surface area contributed by atoms with Gasteiger partial charge in [0, 0.05) is 14.5 Å². The van der Waals surface area contributed by atoms with Gasteiger partial charge < -0.3 is 4.74 Å². The Labute approximate surface area is 126 Å². The molecule has 0 aliphatic heterocycles. The second-order valence-electron chi connectivity index (χ2n) is 3.82. The Hall–Kier alpha value is -1.20. The molecule has 98 valence electrons. The minimum atomic E-state index is -0.477. The highest BCUT2D eigenvalue weighted by molar-refractivity contribution is 9.10. The Morgan fingerprint density at radius 3 is 2.32 bits per heavy atom. The molecule has 2 aromatic carbocycles. The van der Waals surface area contributed by atoms with E-state index in [0.717, 1.165) is 4.47 Å². The molecule has 0 N–H and O–H groups in total. The lowest BCUT2D eigenvalue weighted by Gasteiger charge is -2.06. The molecule has 0 unspecified atom stereocenters. The smallest absolute Gasteiger partial charge is 0.338 e. The maximum Gasteiger partial charge on any atom is 0.338 e. The topological polar surface area (TPSA) is 26.3 Å². The molecule has 0 spiro atoms. The van der Waals surface area contributed by atoms with E-state index in [2.05, 4.69) is 31.9 Å². The van der Waals surface area contributed by atoms with E-state index in [1.54, 1.807) is 36.4 Å². The highest BCUT2D eigenvalue weighted by Gasteiger charge is 2.09. The first-order valence-electron chi connectivity index (χ1n) is 5.43. The number of benzene rings is 2. The van der Waals surface area contributed by atoms with Crippen molar-refractivity contribution < 1.29 is 13.9 Å². The molecule has 0 saturated carbocycles. The van der Waals surface area contributed by atoms with Crippen LogP contribution in [0.3, 0.4) is 0 Å². The molecular weight excluding hydrogens is 379 g/mol. The van der Waals surface area contributed by atoms with Crippen molar-refractivity contribution in [3.8, 4) is 0 Å². The van der Waals surface area contributed by atoms with E-state index in [1.165, 1.54) is 6.07 Å². The molecular formula is C14H9Br2FO2. The summed E-state index contributed by atoms with van der Waals surface area (Å²) in [4.78, 5) is 11.7. The van der Waals surface area contributed by atoms with E-state index in [1.807, 2.05) is 0 Å². The van der Waals surface area contributed by atoms with Crippen LogP contribution in [0.4, 0.5) is 4.39 Å². The van der Waals surface area contributed by atoms with Crippen LogP contribution in [-0.4, -0.2) is 5.97 Å². The lowest BCUT2D eigenvalue weighted by molar-refractivity contribution is 0.0469. The summed E-state index contributed by atoms with van der Waals surface area (Å²) in [5.41, 5.74) is 0.773. The molecule has 0 aliphatic rings. The van der Waals surface area contributed by atoms with Gasteiger partial charge in [0.2, 0.25) is 0 Å². The first kappa shape index (κ1) is 14.2. The van der Waals surface area contributed by atoms with Gasteiger partial charge in [0.15, 0.2) is 0 Å². The van der Waals surface area contributed by atoms with Crippen molar-refractivity contribution in [2.45, 2.75) is 6.61 Å². The number of halogens is 3. The third kappa shape index (κ3) is 3.88. The van der Waals surface area contributed by atoms with E-state index in [0.29, 0.717) is 15.6 Å². The Kier molecular flexibility index (Phi) is 4.71. The van der Waals surface area contributed by atoms with E-state index in [-0.39, 0.29) is 6.61 Å². The van der Waals surface area contributed by atoms with Crippen LogP contribution in [0.15, 0.2) is 51.4 Å². The minimum Gasteiger partial charge on any atom is -0.457 e. The molecule has 2 rings (SSSR count). The number of hydrogen-bond donors (Lipinski definition) is 0. The van der Waals surface area contributed by atoms with Gasteiger partial charge in [-0.15, -0.1) is 0 Å². The van der Waals surface area contributed by atoms with Gasteiger partial charge in [0.1, 0.15) is 12.4 Å². The highest BCUT2D eigenvalue weighted by Crippen LogP contribution is 2.17. The average molecular weight is 388 g/mol. The van der Waals surface area contributed by atoms with Crippen molar-refractivity contribution in [3.63, 3.8) is 0 Å². The maximum atomic E-state index is 13.5. The molecule has 0 saturated heterocycles. The van der Waals surface area contributed by atoms with Gasteiger partial charge >= 0.3 is 5.97 Å². The zero-order chi connectivity index (χ0) is 13.8. The van der Waals surface area contributed by atoms with E-state index >= 15 is 0 Å². The summed E-state index contributed by atoms with van der Waals surface area (Å²) in [5, 5.41) is 0. The number of carbonyl (C=O) groups excluding carboxylic acids is 1. The number of carbonyl (C=O) groups is 1. The third-order valence-corrected chi connectivity index (χ3v) is 3.48. The van der Waals surface area contributed by atoms with Gasteiger partial charge in [-0.3, -0.25) is 0 Å². The second kappa shape index (κ2) is 6.30. The van der Waals surface area contributed by atoms with Crippen molar-refractivity contribution in [1.29, 1.82) is 0 Å². The van der Waals surface area contributed by atoms with E-state index < -0.39 is 11.8 Å². The molecule has 0 atom stereocenters. The van der Waals surface area contributed by atoms with Crippen molar-refractivity contribution in [2.75, 3.05) is 0 Å². The van der Waals surface area contributed by atoms with Crippen molar-refractivity contribution in [2.24, 2.45) is 0 Å². The Morgan fingerprint density at radius 2 is 1.68 bits per heavy atom.